The van der Waals surface area contributed by atoms with Crippen molar-refractivity contribution in [2.45, 2.75) is 71.1 Å². The van der Waals surface area contributed by atoms with E-state index in [4.69, 9.17) is 4.74 Å². The zero-order valence-corrected chi connectivity index (χ0v) is 12.7. The molecule has 0 aromatic carbocycles. The Labute approximate surface area is 122 Å². The minimum atomic E-state index is 0.349. The first-order chi connectivity index (χ1) is 9.61. The summed E-state index contributed by atoms with van der Waals surface area (Å²) in [6, 6.07) is 4.91. The van der Waals surface area contributed by atoms with Crippen molar-refractivity contribution >= 4 is 0 Å². The van der Waals surface area contributed by atoms with Gasteiger partial charge < -0.3 is 10.1 Å². The molecule has 3 rings (SSSR count). The summed E-state index contributed by atoms with van der Waals surface area (Å²) in [7, 11) is 0. The summed E-state index contributed by atoms with van der Waals surface area (Å²) < 4.78 is 6.07. The van der Waals surface area contributed by atoms with Gasteiger partial charge in [0.1, 0.15) is 6.10 Å². The molecule has 0 bridgehead atoms. The van der Waals surface area contributed by atoms with Crippen molar-refractivity contribution in [3.8, 4) is 5.88 Å². The highest BCUT2D eigenvalue weighted by molar-refractivity contribution is 5.20. The Morgan fingerprint density at radius 3 is 2.70 bits per heavy atom. The molecule has 2 fully saturated rings. The van der Waals surface area contributed by atoms with Gasteiger partial charge >= 0.3 is 0 Å². The maximum atomic E-state index is 6.07. The van der Waals surface area contributed by atoms with E-state index >= 15 is 0 Å². The summed E-state index contributed by atoms with van der Waals surface area (Å²) in [6.45, 7) is 5.64. The number of hydrogen-bond acceptors (Lipinski definition) is 3. The van der Waals surface area contributed by atoms with Crippen LogP contribution in [0, 0.1) is 5.41 Å². The minimum absolute atomic E-state index is 0.349. The van der Waals surface area contributed by atoms with Gasteiger partial charge in [0.05, 0.1) is 0 Å². The molecule has 20 heavy (non-hydrogen) atoms. The first-order valence-electron chi connectivity index (χ1n) is 7.96. The first-order valence-corrected chi connectivity index (χ1v) is 7.96. The van der Waals surface area contributed by atoms with Gasteiger partial charge in [-0.05, 0) is 55.6 Å². The molecule has 3 heteroatoms. The van der Waals surface area contributed by atoms with E-state index < -0.39 is 0 Å². The van der Waals surface area contributed by atoms with Crippen LogP contribution in [0.4, 0.5) is 0 Å². The van der Waals surface area contributed by atoms with Gasteiger partial charge in [-0.15, -0.1) is 0 Å². The van der Waals surface area contributed by atoms with Crippen molar-refractivity contribution in [3.05, 3.63) is 23.9 Å². The Bertz CT molecular complexity index is 444. The fourth-order valence-corrected chi connectivity index (χ4v) is 2.84. The highest BCUT2D eigenvalue weighted by Crippen LogP contribution is 2.36. The van der Waals surface area contributed by atoms with Crippen LogP contribution in [-0.2, 0) is 6.54 Å². The van der Waals surface area contributed by atoms with Gasteiger partial charge in [-0.3, -0.25) is 0 Å². The molecule has 0 spiro atoms. The lowest BCUT2D eigenvalue weighted by molar-refractivity contribution is 0.0948. The first kappa shape index (κ1) is 13.9. The fraction of sp³-hybridized carbons (Fsp3) is 0.706. The van der Waals surface area contributed by atoms with Crippen LogP contribution in [0.15, 0.2) is 18.3 Å². The molecule has 1 aromatic rings. The van der Waals surface area contributed by atoms with Gasteiger partial charge in [0, 0.05) is 24.8 Å². The highest BCUT2D eigenvalue weighted by atomic mass is 16.5. The van der Waals surface area contributed by atoms with Crippen molar-refractivity contribution in [1.82, 2.24) is 10.3 Å². The van der Waals surface area contributed by atoms with Crippen LogP contribution >= 0.6 is 0 Å². The number of nitrogens with zero attached hydrogens (tertiary/aromatic N) is 1. The summed E-state index contributed by atoms with van der Waals surface area (Å²) in [5.41, 5.74) is 1.77. The Morgan fingerprint density at radius 1 is 1.25 bits per heavy atom. The van der Waals surface area contributed by atoms with Gasteiger partial charge in [-0.25, -0.2) is 4.98 Å². The molecule has 2 aliphatic carbocycles. The van der Waals surface area contributed by atoms with E-state index in [1.807, 2.05) is 6.20 Å². The Morgan fingerprint density at radius 2 is 2.00 bits per heavy atom. The second-order valence-electron chi connectivity index (χ2n) is 7.14. The Kier molecular flexibility index (Phi) is 3.97. The predicted octanol–water partition coefficient (Wildman–Crippen LogP) is 3.68. The molecule has 2 saturated carbocycles. The smallest absolute Gasteiger partial charge is 0.213 e. The monoisotopic (exact) mass is 274 g/mol. The van der Waals surface area contributed by atoms with E-state index in [0.717, 1.165) is 31.3 Å². The lowest BCUT2D eigenvalue weighted by Gasteiger charge is -2.34. The summed E-state index contributed by atoms with van der Waals surface area (Å²) >= 11 is 0. The maximum Gasteiger partial charge on any atom is 0.213 e. The van der Waals surface area contributed by atoms with E-state index in [1.54, 1.807) is 0 Å². The second kappa shape index (κ2) is 5.72. The largest absolute Gasteiger partial charge is 0.474 e. The van der Waals surface area contributed by atoms with Crippen LogP contribution in [0.25, 0.3) is 0 Å². The number of nitrogens with one attached hydrogen (secondary N) is 1. The topological polar surface area (TPSA) is 34.1 Å². The lowest BCUT2D eigenvalue weighted by atomic mass is 9.76. The van der Waals surface area contributed by atoms with Crippen LogP contribution in [0.3, 0.4) is 0 Å². The third kappa shape index (κ3) is 3.95. The molecule has 0 unspecified atom stereocenters. The molecule has 1 N–H and O–H groups in total. The normalized spacial score (nSPS) is 22.7. The molecule has 1 heterocycles. The molecule has 0 aliphatic heterocycles. The third-order valence-electron chi connectivity index (χ3n) is 4.55. The van der Waals surface area contributed by atoms with E-state index in [2.05, 4.69) is 36.3 Å². The number of hydrogen-bond donors (Lipinski definition) is 1. The van der Waals surface area contributed by atoms with E-state index in [1.165, 1.54) is 31.2 Å². The van der Waals surface area contributed by atoms with Crippen molar-refractivity contribution in [3.63, 3.8) is 0 Å². The molecule has 110 valence electrons. The molecule has 2 aliphatic rings. The molecule has 0 saturated heterocycles. The van der Waals surface area contributed by atoms with Crippen molar-refractivity contribution in [2.75, 3.05) is 0 Å². The molecule has 1 aromatic heterocycles. The zero-order valence-electron chi connectivity index (χ0n) is 12.7. The van der Waals surface area contributed by atoms with E-state index in [0.29, 0.717) is 11.5 Å². The zero-order chi connectivity index (χ0) is 14.0. The quantitative estimate of drug-likeness (QED) is 0.889. The average Bonchev–Trinajstić information content (AvgIpc) is 3.24. The maximum absolute atomic E-state index is 6.07. The molecule has 3 nitrogen and oxygen atoms in total. The molecular weight excluding hydrogens is 248 g/mol. The van der Waals surface area contributed by atoms with Crippen LogP contribution < -0.4 is 10.1 Å². The SMILES string of the molecule is CC1(C)CCC(Oc2cc(CNC3CC3)ccn2)CC1. The van der Waals surface area contributed by atoms with Crippen molar-refractivity contribution < 1.29 is 4.74 Å². The minimum Gasteiger partial charge on any atom is -0.474 e. The van der Waals surface area contributed by atoms with Crippen molar-refractivity contribution in [2.24, 2.45) is 5.41 Å². The number of rotatable bonds is 5. The second-order valence-corrected chi connectivity index (χ2v) is 7.14. The van der Waals surface area contributed by atoms with Crippen LogP contribution in [-0.4, -0.2) is 17.1 Å². The number of pyridine rings is 1. The van der Waals surface area contributed by atoms with Gasteiger partial charge in [0.2, 0.25) is 5.88 Å². The molecule has 0 radical (unpaired) electrons. The van der Waals surface area contributed by atoms with E-state index in [9.17, 15) is 0 Å². The third-order valence-corrected chi connectivity index (χ3v) is 4.55. The summed E-state index contributed by atoms with van der Waals surface area (Å²) in [6.07, 6.45) is 9.67. The van der Waals surface area contributed by atoms with E-state index in [-0.39, 0.29) is 0 Å². The van der Waals surface area contributed by atoms with Gasteiger partial charge in [0.25, 0.3) is 0 Å². The van der Waals surface area contributed by atoms with Crippen LogP contribution in [0.5, 0.6) is 5.88 Å². The summed E-state index contributed by atoms with van der Waals surface area (Å²) in [4.78, 5) is 4.36. The molecular formula is C17H26N2O. The Hall–Kier alpha value is -1.09. The lowest BCUT2D eigenvalue weighted by Crippen LogP contribution is -2.28. The summed E-state index contributed by atoms with van der Waals surface area (Å²) in [5, 5.41) is 3.53. The predicted molar refractivity (Wildman–Crippen MR) is 80.8 cm³/mol. The van der Waals surface area contributed by atoms with Gasteiger partial charge in [0.15, 0.2) is 0 Å². The van der Waals surface area contributed by atoms with Gasteiger partial charge in [-0.2, -0.15) is 0 Å². The standard InChI is InChI=1S/C17H26N2O/c1-17(2)8-5-15(6-9-17)20-16-11-13(7-10-18-16)12-19-14-3-4-14/h7,10-11,14-15,19H,3-6,8-9,12H2,1-2H3. The van der Waals surface area contributed by atoms with Crippen LogP contribution in [0.2, 0.25) is 0 Å². The molecule has 0 amide bonds. The summed E-state index contributed by atoms with van der Waals surface area (Å²) in [5.74, 6) is 0.796. The fourth-order valence-electron chi connectivity index (χ4n) is 2.84. The Balaban J connectivity index is 1.52. The van der Waals surface area contributed by atoms with Gasteiger partial charge in [-0.1, -0.05) is 13.8 Å². The highest BCUT2D eigenvalue weighted by Gasteiger charge is 2.28. The molecule has 0 atom stereocenters. The average molecular weight is 274 g/mol. The van der Waals surface area contributed by atoms with Crippen LogP contribution in [0.1, 0.15) is 57.9 Å². The van der Waals surface area contributed by atoms with Crippen molar-refractivity contribution in [1.29, 1.82) is 0 Å². The number of ether oxygens (including phenoxy) is 1. The number of aromatic nitrogens is 1.